The van der Waals surface area contributed by atoms with Gasteiger partial charge >= 0.3 is 0 Å². The van der Waals surface area contributed by atoms with Crippen molar-refractivity contribution in [3.63, 3.8) is 0 Å². The maximum Gasteiger partial charge on any atom is 0.227 e. The largest absolute Gasteiger partial charge is 0.497 e. The van der Waals surface area contributed by atoms with Gasteiger partial charge in [-0.05, 0) is 48.6 Å². The lowest BCUT2D eigenvalue weighted by Crippen LogP contribution is -2.49. The Hall–Kier alpha value is -2.63. The quantitative estimate of drug-likeness (QED) is 0.841. The van der Waals surface area contributed by atoms with Crippen molar-refractivity contribution >= 4 is 11.7 Å². The molecule has 6 nitrogen and oxygen atoms in total. The number of aryl methyl sites for hydroxylation is 2. The first-order valence-electron chi connectivity index (χ1n) is 9.24. The van der Waals surface area contributed by atoms with Crippen molar-refractivity contribution in [1.82, 2.24) is 15.1 Å². The van der Waals surface area contributed by atoms with E-state index in [1.807, 2.05) is 29.2 Å². The van der Waals surface area contributed by atoms with Gasteiger partial charge < -0.3 is 14.5 Å². The lowest BCUT2D eigenvalue weighted by molar-refractivity contribution is -0.130. The van der Waals surface area contributed by atoms with Gasteiger partial charge in [0.25, 0.3) is 0 Å². The molecule has 1 amide bonds. The van der Waals surface area contributed by atoms with Gasteiger partial charge in [0, 0.05) is 26.2 Å². The number of ether oxygens (including phenoxy) is 1. The van der Waals surface area contributed by atoms with Gasteiger partial charge in [-0.1, -0.05) is 12.1 Å². The van der Waals surface area contributed by atoms with Crippen LogP contribution in [0.25, 0.3) is 0 Å². The minimum Gasteiger partial charge on any atom is -0.497 e. The van der Waals surface area contributed by atoms with Crippen molar-refractivity contribution in [3.8, 4) is 5.75 Å². The third kappa shape index (κ3) is 3.49. The summed E-state index contributed by atoms with van der Waals surface area (Å²) in [5.41, 5.74) is 3.51. The second kappa shape index (κ2) is 7.32. The Kier molecular flexibility index (Phi) is 4.73. The average molecular weight is 352 g/mol. The van der Waals surface area contributed by atoms with E-state index in [9.17, 15) is 4.79 Å². The molecule has 6 heteroatoms. The molecule has 0 N–H and O–H groups in total. The van der Waals surface area contributed by atoms with Crippen molar-refractivity contribution in [2.45, 2.75) is 25.7 Å². The smallest absolute Gasteiger partial charge is 0.227 e. The number of carbonyl (C=O) groups excluding carboxylic acids is 1. The Morgan fingerprint density at radius 2 is 1.85 bits per heavy atom. The number of fused-ring (bicyclic) bond motifs is 1. The van der Waals surface area contributed by atoms with Gasteiger partial charge in [-0.3, -0.25) is 4.79 Å². The van der Waals surface area contributed by atoms with E-state index in [0.29, 0.717) is 6.42 Å². The molecule has 1 fully saturated rings. The number of methoxy groups -OCH3 is 1. The molecule has 1 saturated heterocycles. The molecule has 4 rings (SSSR count). The highest BCUT2D eigenvalue weighted by Gasteiger charge is 2.23. The molecule has 26 heavy (non-hydrogen) atoms. The standard InChI is InChI=1S/C20H24N4O2/c1-26-17-7-5-15(6-8-17)13-20(25)24-11-9-23(10-12-24)19-14-16-3-2-4-18(16)21-22-19/h5-8,14H,2-4,9-13H2,1H3. The summed E-state index contributed by atoms with van der Waals surface area (Å²) in [5.74, 6) is 1.94. The van der Waals surface area contributed by atoms with Crippen molar-refractivity contribution in [3.05, 3.63) is 47.2 Å². The first-order chi connectivity index (χ1) is 12.7. The molecule has 0 atom stereocenters. The molecule has 2 aliphatic rings. The molecule has 1 aromatic carbocycles. The maximum atomic E-state index is 12.6. The molecule has 1 aliphatic heterocycles. The number of piperazine rings is 1. The molecule has 1 aliphatic carbocycles. The van der Waals surface area contributed by atoms with Crippen molar-refractivity contribution in [2.75, 3.05) is 38.2 Å². The van der Waals surface area contributed by atoms with E-state index >= 15 is 0 Å². The number of rotatable bonds is 4. The van der Waals surface area contributed by atoms with E-state index in [1.54, 1.807) is 7.11 Å². The maximum absolute atomic E-state index is 12.6. The van der Waals surface area contributed by atoms with Crippen LogP contribution in [-0.2, 0) is 24.1 Å². The minimum absolute atomic E-state index is 0.176. The first-order valence-corrected chi connectivity index (χ1v) is 9.24. The molecular formula is C20H24N4O2. The molecule has 0 radical (unpaired) electrons. The monoisotopic (exact) mass is 352 g/mol. The van der Waals surface area contributed by atoms with Crippen molar-refractivity contribution < 1.29 is 9.53 Å². The first kappa shape index (κ1) is 16.8. The number of nitrogens with zero attached hydrogens (tertiary/aromatic N) is 4. The molecule has 136 valence electrons. The van der Waals surface area contributed by atoms with Crippen LogP contribution in [0, 0.1) is 0 Å². The van der Waals surface area contributed by atoms with Crippen LogP contribution >= 0.6 is 0 Å². The zero-order valence-electron chi connectivity index (χ0n) is 15.1. The van der Waals surface area contributed by atoms with Gasteiger partial charge in [0.1, 0.15) is 5.75 Å². The summed E-state index contributed by atoms with van der Waals surface area (Å²) in [6.07, 6.45) is 3.78. The number of amides is 1. The summed E-state index contributed by atoms with van der Waals surface area (Å²) < 4.78 is 5.16. The third-order valence-corrected chi connectivity index (χ3v) is 5.28. The van der Waals surface area contributed by atoms with Gasteiger partial charge in [-0.15, -0.1) is 5.10 Å². The summed E-state index contributed by atoms with van der Waals surface area (Å²) in [7, 11) is 1.64. The van der Waals surface area contributed by atoms with Crippen LogP contribution in [0.2, 0.25) is 0 Å². The van der Waals surface area contributed by atoms with Crippen molar-refractivity contribution in [1.29, 1.82) is 0 Å². The van der Waals surface area contributed by atoms with Crippen LogP contribution in [0.3, 0.4) is 0 Å². The Morgan fingerprint density at radius 1 is 1.08 bits per heavy atom. The fourth-order valence-corrected chi connectivity index (χ4v) is 3.69. The van der Waals surface area contributed by atoms with Crippen LogP contribution in [0.4, 0.5) is 5.82 Å². The molecular weight excluding hydrogens is 328 g/mol. The number of anilines is 1. The highest BCUT2D eigenvalue weighted by molar-refractivity contribution is 5.79. The van der Waals surface area contributed by atoms with Crippen LogP contribution < -0.4 is 9.64 Å². The summed E-state index contributed by atoms with van der Waals surface area (Å²) >= 11 is 0. The number of hydrogen-bond donors (Lipinski definition) is 0. The highest BCUT2D eigenvalue weighted by atomic mass is 16.5. The normalized spacial score (nSPS) is 16.5. The van der Waals surface area contributed by atoms with E-state index in [2.05, 4.69) is 21.2 Å². The lowest BCUT2D eigenvalue weighted by atomic mass is 10.1. The van der Waals surface area contributed by atoms with E-state index in [0.717, 1.165) is 61.8 Å². The number of hydrogen-bond acceptors (Lipinski definition) is 5. The Balaban J connectivity index is 1.33. The average Bonchev–Trinajstić information content (AvgIpc) is 3.16. The van der Waals surface area contributed by atoms with Crippen LogP contribution in [0.5, 0.6) is 5.75 Å². The summed E-state index contributed by atoms with van der Waals surface area (Å²) in [6, 6.07) is 9.88. The van der Waals surface area contributed by atoms with Crippen LogP contribution in [0.1, 0.15) is 23.2 Å². The second-order valence-electron chi connectivity index (χ2n) is 6.92. The van der Waals surface area contributed by atoms with E-state index in [-0.39, 0.29) is 5.91 Å². The van der Waals surface area contributed by atoms with Gasteiger partial charge in [-0.25, -0.2) is 0 Å². The Bertz CT molecular complexity index is 783. The number of carbonyl (C=O) groups is 1. The van der Waals surface area contributed by atoms with Gasteiger partial charge in [-0.2, -0.15) is 5.10 Å². The molecule has 0 unspecified atom stereocenters. The summed E-state index contributed by atoms with van der Waals surface area (Å²) in [6.45, 7) is 3.07. The van der Waals surface area contributed by atoms with Crippen LogP contribution in [-0.4, -0.2) is 54.3 Å². The molecule has 2 aromatic rings. The molecule has 0 bridgehead atoms. The predicted molar refractivity (Wildman–Crippen MR) is 99.5 cm³/mol. The molecule has 0 spiro atoms. The van der Waals surface area contributed by atoms with Gasteiger partial charge in [0.05, 0.1) is 19.2 Å². The Morgan fingerprint density at radius 3 is 2.58 bits per heavy atom. The minimum atomic E-state index is 0.176. The van der Waals surface area contributed by atoms with Crippen molar-refractivity contribution in [2.24, 2.45) is 0 Å². The zero-order chi connectivity index (χ0) is 17.9. The zero-order valence-corrected chi connectivity index (χ0v) is 15.1. The predicted octanol–water partition coefficient (Wildman–Crippen LogP) is 1.87. The fraction of sp³-hybridized carbons (Fsp3) is 0.450. The Labute approximate surface area is 153 Å². The molecule has 2 heterocycles. The van der Waals surface area contributed by atoms with E-state index in [4.69, 9.17) is 4.74 Å². The van der Waals surface area contributed by atoms with Crippen LogP contribution in [0.15, 0.2) is 30.3 Å². The van der Waals surface area contributed by atoms with E-state index < -0.39 is 0 Å². The second-order valence-corrected chi connectivity index (χ2v) is 6.92. The summed E-state index contributed by atoms with van der Waals surface area (Å²) in [4.78, 5) is 16.8. The van der Waals surface area contributed by atoms with Gasteiger partial charge in [0.2, 0.25) is 5.91 Å². The number of benzene rings is 1. The molecule has 0 saturated carbocycles. The highest BCUT2D eigenvalue weighted by Crippen LogP contribution is 2.23. The SMILES string of the molecule is COc1ccc(CC(=O)N2CCN(c3cc4c(nn3)CCC4)CC2)cc1. The number of aromatic nitrogens is 2. The summed E-state index contributed by atoms with van der Waals surface area (Å²) in [5, 5.41) is 8.76. The fourth-order valence-electron chi connectivity index (χ4n) is 3.69. The topological polar surface area (TPSA) is 58.6 Å². The third-order valence-electron chi connectivity index (χ3n) is 5.28. The van der Waals surface area contributed by atoms with Gasteiger partial charge in [0.15, 0.2) is 5.82 Å². The molecule has 1 aromatic heterocycles. The lowest BCUT2D eigenvalue weighted by Gasteiger charge is -2.35. The van der Waals surface area contributed by atoms with E-state index in [1.165, 1.54) is 12.0 Å².